The lowest BCUT2D eigenvalue weighted by Gasteiger charge is -2.09. The van der Waals surface area contributed by atoms with E-state index in [0.717, 1.165) is 11.8 Å². The lowest BCUT2D eigenvalue weighted by Crippen LogP contribution is -2.26. The van der Waals surface area contributed by atoms with Gasteiger partial charge < -0.3 is 9.47 Å². The third kappa shape index (κ3) is 6.11. The number of aldehydes is 1. The average Bonchev–Trinajstić information content (AvgIpc) is 3.37. The zero-order chi connectivity index (χ0) is 24.7. The van der Waals surface area contributed by atoms with Gasteiger partial charge in [0, 0.05) is 12.1 Å². The molecule has 4 rings (SSSR count). The zero-order valence-corrected chi connectivity index (χ0v) is 19.8. The standard InChI is InChI=1S/C25H24N4O5S/c1-33-25-15-20(17-30)7-12-24(25)34-18-21-16-29(28-27-21)22-8-10-23(11-9-22)35(31,32)26-14-13-19-5-3-2-4-6-19/h2-12,15-17,26H,13-14,18H2,1H3. The maximum Gasteiger partial charge on any atom is 0.240 e. The van der Waals surface area contributed by atoms with Crippen LogP contribution in [0.4, 0.5) is 0 Å². The fourth-order valence-corrected chi connectivity index (χ4v) is 4.39. The van der Waals surface area contributed by atoms with Crippen LogP contribution in [-0.4, -0.2) is 43.4 Å². The van der Waals surface area contributed by atoms with E-state index in [0.29, 0.717) is 41.4 Å². The molecule has 0 aliphatic rings. The Hall–Kier alpha value is -4.02. The van der Waals surface area contributed by atoms with Crippen LogP contribution in [0.1, 0.15) is 21.6 Å². The highest BCUT2D eigenvalue weighted by Crippen LogP contribution is 2.28. The average molecular weight is 493 g/mol. The van der Waals surface area contributed by atoms with E-state index < -0.39 is 10.0 Å². The fourth-order valence-electron chi connectivity index (χ4n) is 3.35. The number of carbonyl (C=O) groups excluding carboxylic acids is 1. The minimum absolute atomic E-state index is 0.134. The molecule has 0 radical (unpaired) electrons. The molecule has 10 heteroatoms. The predicted molar refractivity (Wildman–Crippen MR) is 129 cm³/mol. The molecule has 0 bridgehead atoms. The van der Waals surface area contributed by atoms with Crippen LogP contribution in [0.15, 0.2) is 83.9 Å². The van der Waals surface area contributed by atoms with Gasteiger partial charge in [0.2, 0.25) is 10.0 Å². The molecule has 0 atom stereocenters. The maximum atomic E-state index is 12.6. The van der Waals surface area contributed by atoms with E-state index in [4.69, 9.17) is 9.47 Å². The van der Waals surface area contributed by atoms with Gasteiger partial charge >= 0.3 is 0 Å². The van der Waals surface area contributed by atoms with Crippen molar-refractivity contribution in [2.45, 2.75) is 17.9 Å². The zero-order valence-electron chi connectivity index (χ0n) is 19.0. The highest BCUT2D eigenvalue weighted by Gasteiger charge is 2.14. The Morgan fingerprint density at radius 3 is 2.49 bits per heavy atom. The largest absolute Gasteiger partial charge is 0.493 e. The Morgan fingerprint density at radius 2 is 1.77 bits per heavy atom. The normalized spacial score (nSPS) is 11.2. The van der Waals surface area contributed by atoms with Crippen molar-refractivity contribution in [2.24, 2.45) is 0 Å². The number of rotatable bonds is 11. The van der Waals surface area contributed by atoms with Crippen molar-refractivity contribution in [3.8, 4) is 17.2 Å². The number of methoxy groups -OCH3 is 1. The van der Waals surface area contributed by atoms with Crippen LogP contribution in [0, 0.1) is 0 Å². The number of ether oxygens (including phenoxy) is 2. The number of hydrogen-bond acceptors (Lipinski definition) is 7. The van der Waals surface area contributed by atoms with Gasteiger partial charge in [-0.05, 0) is 54.4 Å². The van der Waals surface area contributed by atoms with Crippen molar-refractivity contribution in [1.29, 1.82) is 0 Å². The number of hydrogen-bond donors (Lipinski definition) is 1. The number of aromatic nitrogens is 3. The topological polar surface area (TPSA) is 112 Å². The monoisotopic (exact) mass is 492 g/mol. The highest BCUT2D eigenvalue weighted by molar-refractivity contribution is 7.89. The van der Waals surface area contributed by atoms with Gasteiger partial charge in [-0.3, -0.25) is 4.79 Å². The van der Waals surface area contributed by atoms with Crippen molar-refractivity contribution in [3.05, 3.63) is 95.8 Å². The smallest absolute Gasteiger partial charge is 0.240 e. The van der Waals surface area contributed by atoms with Gasteiger partial charge in [0.1, 0.15) is 18.6 Å². The summed E-state index contributed by atoms with van der Waals surface area (Å²) in [6, 6.07) is 20.9. The molecule has 1 heterocycles. The van der Waals surface area contributed by atoms with E-state index in [1.165, 1.54) is 23.9 Å². The van der Waals surface area contributed by atoms with Gasteiger partial charge in [-0.2, -0.15) is 0 Å². The summed E-state index contributed by atoms with van der Waals surface area (Å²) >= 11 is 0. The van der Waals surface area contributed by atoms with Crippen LogP contribution in [0.5, 0.6) is 11.5 Å². The maximum absolute atomic E-state index is 12.6. The van der Waals surface area contributed by atoms with E-state index in [2.05, 4.69) is 15.0 Å². The van der Waals surface area contributed by atoms with Crippen molar-refractivity contribution in [2.75, 3.05) is 13.7 Å². The summed E-state index contributed by atoms with van der Waals surface area (Å²) in [4.78, 5) is 11.1. The summed E-state index contributed by atoms with van der Waals surface area (Å²) in [5.41, 5.74) is 2.76. The predicted octanol–water partition coefficient (Wildman–Crippen LogP) is 3.19. The Balaban J connectivity index is 1.36. The second kappa shape index (κ2) is 10.9. The quantitative estimate of drug-likeness (QED) is 0.320. The summed E-state index contributed by atoms with van der Waals surface area (Å²) in [6.07, 6.45) is 3.03. The van der Waals surface area contributed by atoms with Crippen LogP contribution < -0.4 is 14.2 Å². The van der Waals surface area contributed by atoms with Gasteiger partial charge in [0.25, 0.3) is 0 Å². The first-order valence-corrected chi connectivity index (χ1v) is 12.3. The van der Waals surface area contributed by atoms with Gasteiger partial charge in [-0.25, -0.2) is 17.8 Å². The van der Waals surface area contributed by atoms with Gasteiger partial charge in [-0.15, -0.1) is 5.10 Å². The second-order valence-electron chi connectivity index (χ2n) is 7.60. The van der Waals surface area contributed by atoms with Crippen LogP contribution >= 0.6 is 0 Å². The van der Waals surface area contributed by atoms with Crippen molar-refractivity contribution >= 4 is 16.3 Å². The number of nitrogens with zero attached hydrogens (tertiary/aromatic N) is 3. The molecule has 0 unspecified atom stereocenters. The molecule has 1 aromatic heterocycles. The number of carbonyl (C=O) groups is 1. The molecule has 0 amide bonds. The van der Waals surface area contributed by atoms with Gasteiger partial charge in [-0.1, -0.05) is 35.5 Å². The SMILES string of the molecule is COc1cc(C=O)ccc1OCc1cn(-c2ccc(S(=O)(=O)NCCc3ccccc3)cc2)nn1. The van der Waals surface area contributed by atoms with Crippen LogP contribution in [0.2, 0.25) is 0 Å². The molecule has 1 N–H and O–H groups in total. The molecule has 0 aliphatic heterocycles. The summed E-state index contributed by atoms with van der Waals surface area (Å²) in [5.74, 6) is 0.915. The van der Waals surface area contributed by atoms with Gasteiger partial charge in [0.05, 0.1) is 23.9 Å². The Labute approximate surface area is 203 Å². The van der Waals surface area contributed by atoms with E-state index in [1.54, 1.807) is 36.5 Å². The third-order valence-corrected chi connectivity index (χ3v) is 6.68. The molecule has 4 aromatic rings. The highest BCUT2D eigenvalue weighted by atomic mass is 32.2. The molecule has 0 saturated heterocycles. The Bertz CT molecular complexity index is 1390. The van der Waals surface area contributed by atoms with E-state index in [-0.39, 0.29) is 11.5 Å². The van der Waals surface area contributed by atoms with Crippen molar-refractivity contribution in [3.63, 3.8) is 0 Å². The molecule has 9 nitrogen and oxygen atoms in total. The summed E-state index contributed by atoms with van der Waals surface area (Å²) < 4.78 is 40.4. The van der Waals surface area contributed by atoms with Crippen LogP contribution in [0.3, 0.4) is 0 Å². The molecule has 35 heavy (non-hydrogen) atoms. The van der Waals surface area contributed by atoms with E-state index in [1.807, 2.05) is 30.3 Å². The Morgan fingerprint density at radius 1 is 1.00 bits per heavy atom. The van der Waals surface area contributed by atoms with Crippen molar-refractivity contribution in [1.82, 2.24) is 19.7 Å². The number of nitrogens with one attached hydrogen (secondary N) is 1. The summed E-state index contributed by atoms with van der Waals surface area (Å²) in [7, 11) is -2.13. The molecule has 3 aromatic carbocycles. The number of benzene rings is 3. The fraction of sp³-hybridized carbons (Fsp3) is 0.160. The molecule has 0 saturated carbocycles. The van der Waals surface area contributed by atoms with Gasteiger partial charge in [0.15, 0.2) is 11.5 Å². The first-order valence-electron chi connectivity index (χ1n) is 10.8. The first kappa shape index (κ1) is 24.1. The molecule has 0 aliphatic carbocycles. The third-order valence-electron chi connectivity index (χ3n) is 5.20. The van der Waals surface area contributed by atoms with Crippen molar-refractivity contribution < 1.29 is 22.7 Å². The second-order valence-corrected chi connectivity index (χ2v) is 9.37. The van der Waals surface area contributed by atoms with E-state index >= 15 is 0 Å². The minimum atomic E-state index is -3.62. The lowest BCUT2D eigenvalue weighted by atomic mass is 10.2. The molecule has 0 fully saturated rings. The molecule has 0 spiro atoms. The Kier molecular flexibility index (Phi) is 7.54. The number of sulfonamides is 1. The van der Waals surface area contributed by atoms with E-state index in [9.17, 15) is 13.2 Å². The summed E-state index contributed by atoms with van der Waals surface area (Å²) in [6.45, 7) is 0.442. The molecular weight excluding hydrogens is 468 g/mol. The van der Waals surface area contributed by atoms with Crippen LogP contribution in [0.25, 0.3) is 5.69 Å². The lowest BCUT2D eigenvalue weighted by molar-refractivity contribution is 0.112. The van der Waals surface area contributed by atoms with Crippen LogP contribution in [-0.2, 0) is 23.1 Å². The minimum Gasteiger partial charge on any atom is -0.493 e. The molecule has 180 valence electrons. The molecular formula is C25H24N4O5S. The first-order chi connectivity index (χ1) is 17.0. The summed E-state index contributed by atoms with van der Waals surface area (Å²) in [5, 5.41) is 8.19.